The molecule has 1 aliphatic heterocycles. The molecule has 0 saturated carbocycles. The summed E-state index contributed by atoms with van der Waals surface area (Å²) in [7, 11) is 0. The minimum atomic E-state index is -4.77. The smallest absolute Gasteiger partial charge is 0.345 e. The molecule has 0 bridgehead atoms. The fourth-order valence-electron chi connectivity index (χ4n) is 1.53. The molecule has 0 radical (unpaired) electrons. The third kappa shape index (κ3) is 3.17. The normalized spacial score (nSPS) is 28.6. The molecule has 2 unspecified atom stereocenters. The van der Waals surface area contributed by atoms with Crippen LogP contribution in [-0.4, -0.2) is 30.7 Å². The SMILES string of the molecule is CC1CC(NC(=O)C(F)(F)F)CCN1. The Morgan fingerprint density at radius 3 is 2.64 bits per heavy atom. The Morgan fingerprint density at radius 1 is 1.50 bits per heavy atom. The molecule has 1 aliphatic rings. The van der Waals surface area contributed by atoms with Crippen LogP contribution in [0.25, 0.3) is 0 Å². The number of hydrogen-bond acceptors (Lipinski definition) is 2. The Bertz CT molecular complexity index is 217. The summed E-state index contributed by atoms with van der Waals surface area (Å²) in [6, 6.07) is -0.206. The summed E-state index contributed by atoms with van der Waals surface area (Å²) < 4.78 is 35.6. The molecule has 1 amide bonds. The van der Waals surface area contributed by atoms with Gasteiger partial charge in [0.05, 0.1) is 0 Å². The zero-order valence-corrected chi connectivity index (χ0v) is 7.82. The van der Waals surface area contributed by atoms with Crippen LogP contribution in [0.2, 0.25) is 0 Å². The fourth-order valence-corrected chi connectivity index (χ4v) is 1.53. The zero-order valence-electron chi connectivity index (χ0n) is 7.82. The number of alkyl halides is 3. The Morgan fingerprint density at radius 2 is 2.14 bits per heavy atom. The van der Waals surface area contributed by atoms with Crippen LogP contribution in [0.15, 0.2) is 0 Å². The first-order valence-electron chi connectivity index (χ1n) is 4.50. The number of halogens is 3. The van der Waals surface area contributed by atoms with Gasteiger partial charge < -0.3 is 10.6 Å². The summed E-state index contributed by atoms with van der Waals surface area (Å²) in [5.74, 6) is -1.84. The van der Waals surface area contributed by atoms with Gasteiger partial charge in [-0.3, -0.25) is 4.79 Å². The highest BCUT2D eigenvalue weighted by Gasteiger charge is 2.40. The molecular formula is C8H13F3N2O. The van der Waals surface area contributed by atoms with Crippen molar-refractivity contribution in [3.8, 4) is 0 Å². The summed E-state index contributed by atoms with van der Waals surface area (Å²) >= 11 is 0. The largest absolute Gasteiger partial charge is 0.471 e. The predicted molar refractivity (Wildman–Crippen MR) is 44.7 cm³/mol. The number of amides is 1. The summed E-state index contributed by atoms with van der Waals surface area (Å²) in [6.45, 7) is 2.52. The number of carbonyl (C=O) groups is 1. The van der Waals surface area contributed by atoms with Crippen LogP contribution in [0.1, 0.15) is 19.8 Å². The van der Waals surface area contributed by atoms with Gasteiger partial charge in [0.1, 0.15) is 0 Å². The van der Waals surface area contributed by atoms with E-state index in [1.165, 1.54) is 0 Å². The molecule has 0 aromatic carbocycles. The zero-order chi connectivity index (χ0) is 10.8. The second kappa shape index (κ2) is 4.16. The van der Waals surface area contributed by atoms with Crippen molar-refractivity contribution >= 4 is 5.91 Å². The van der Waals surface area contributed by atoms with Crippen LogP contribution in [0.3, 0.4) is 0 Å². The van der Waals surface area contributed by atoms with Crippen molar-refractivity contribution < 1.29 is 18.0 Å². The van der Waals surface area contributed by atoms with E-state index in [9.17, 15) is 18.0 Å². The second-order valence-electron chi connectivity index (χ2n) is 3.55. The lowest BCUT2D eigenvalue weighted by atomic mass is 10.0. The molecule has 1 fully saturated rings. The van der Waals surface area contributed by atoms with Crippen molar-refractivity contribution in [2.75, 3.05) is 6.54 Å². The van der Waals surface area contributed by atoms with E-state index in [-0.39, 0.29) is 12.1 Å². The van der Waals surface area contributed by atoms with Gasteiger partial charge in [-0.2, -0.15) is 13.2 Å². The van der Waals surface area contributed by atoms with Crippen molar-refractivity contribution in [2.24, 2.45) is 0 Å². The molecule has 82 valence electrons. The van der Waals surface area contributed by atoms with Gasteiger partial charge in [0.25, 0.3) is 0 Å². The first-order chi connectivity index (χ1) is 6.39. The van der Waals surface area contributed by atoms with Gasteiger partial charge >= 0.3 is 12.1 Å². The van der Waals surface area contributed by atoms with Gasteiger partial charge in [-0.15, -0.1) is 0 Å². The minimum absolute atomic E-state index is 0.155. The summed E-state index contributed by atoms with van der Waals surface area (Å²) in [5.41, 5.74) is 0. The number of hydrogen-bond donors (Lipinski definition) is 2. The van der Waals surface area contributed by atoms with Gasteiger partial charge in [-0.25, -0.2) is 0 Å². The first-order valence-corrected chi connectivity index (χ1v) is 4.50. The molecule has 14 heavy (non-hydrogen) atoms. The predicted octanol–water partition coefficient (Wildman–Crippen LogP) is 0.805. The average molecular weight is 210 g/mol. The molecular weight excluding hydrogens is 197 g/mol. The third-order valence-electron chi connectivity index (χ3n) is 2.22. The highest BCUT2D eigenvalue weighted by Crippen LogP contribution is 2.16. The minimum Gasteiger partial charge on any atom is -0.345 e. The van der Waals surface area contributed by atoms with Gasteiger partial charge in [-0.05, 0) is 26.3 Å². The van der Waals surface area contributed by atoms with Crippen molar-refractivity contribution in [2.45, 2.75) is 38.0 Å². The van der Waals surface area contributed by atoms with Crippen molar-refractivity contribution in [1.82, 2.24) is 10.6 Å². The molecule has 2 atom stereocenters. The van der Waals surface area contributed by atoms with Crippen LogP contribution >= 0.6 is 0 Å². The molecule has 1 saturated heterocycles. The second-order valence-corrected chi connectivity index (χ2v) is 3.55. The van der Waals surface area contributed by atoms with Crippen molar-refractivity contribution in [3.63, 3.8) is 0 Å². The average Bonchev–Trinajstić information content (AvgIpc) is 2.02. The van der Waals surface area contributed by atoms with E-state index in [0.29, 0.717) is 19.4 Å². The van der Waals surface area contributed by atoms with E-state index < -0.39 is 12.1 Å². The fraction of sp³-hybridized carbons (Fsp3) is 0.875. The lowest BCUT2D eigenvalue weighted by Gasteiger charge is -2.28. The lowest BCUT2D eigenvalue weighted by Crippen LogP contribution is -2.49. The van der Waals surface area contributed by atoms with Gasteiger partial charge in [-0.1, -0.05) is 0 Å². The van der Waals surface area contributed by atoms with Crippen molar-refractivity contribution in [1.29, 1.82) is 0 Å². The van der Waals surface area contributed by atoms with Crippen LogP contribution < -0.4 is 10.6 Å². The number of nitrogens with one attached hydrogen (secondary N) is 2. The van der Waals surface area contributed by atoms with Crippen LogP contribution in [0, 0.1) is 0 Å². The molecule has 1 heterocycles. The summed E-state index contributed by atoms with van der Waals surface area (Å²) in [6.07, 6.45) is -3.68. The third-order valence-corrected chi connectivity index (χ3v) is 2.22. The van der Waals surface area contributed by atoms with Gasteiger partial charge in [0.15, 0.2) is 0 Å². The summed E-state index contributed by atoms with van der Waals surface area (Å²) in [4.78, 5) is 10.6. The monoisotopic (exact) mass is 210 g/mol. The lowest BCUT2D eigenvalue weighted by molar-refractivity contribution is -0.174. The maximum Gasteiger partial charge on any atom is 0.471 e. The molecule has 0 spiro atoms. The first kappa shape index (κ1) is 11.3. The highest BCUT2D eigenvalue weighted by molar-refractivity contribution is 5.81. The maximum absolute atomic E-state index is 11.9. The maximum atomic E-state index is 11.9. The quantitative estimate of drug-likeness (QED) is 0.672. The van der Waals surface area contributed by atoms with Gasteiger partial charge in [0.2, 0.25) is 0 Å². The van der Waals surface area contributed by atoms with E-state index in [1.54, 1.807) is 0 Å². The molecule has 0 aliphatic carbocycles. The molecule has 0 aromatic heterocycles. The van der Waals surface area contributed by atoms with Crippen LogP contribution in [-0.2, 0) is 4.79 Å². The molecule has 2 N–H and O–H groups in total. The standard InChI is InChI=1S/C8H13F3N2O/c1-5-4-6(2-3-12-5)13-7(14)8(9,10)11/h5-6,12H,2-4H2,1H3,(H,13,14). The molecule has 1 rings (SSSR count). The van der Waals surface area contributed by atoms with E-state index in [0.717, 1.165) is 0 Å². The highest BCUT2D eigenvalue weighted by atomic mass is 19.4. The Labute approximate surface area is 80.0 Å². The number of carbonyl (C=O) groups excluding carboxylic acids is 1. The Balaban J connectivity index is 2.40. The number of piperidine rings is 1. The van der Waals surface area contributed by atoms with E-state index >= 15 is 0 Å². The van der Waals surface area contributed by atoms with Crippen molar-refractivity contribution in [3.05, 3.63) is 0 Å². The molecule has 3 nitrogen and oxygen atoms in total. The van der Waals surface area contributed by atoms with Crippen LogP contribution in [0.5, 0.6) is 0 Å². The number of rotatable bonds is 1. The van der Waals surface area contributed by atoms with Crippen LogP contribution in [0.4, 0.5) is 13.2 Å². The van der Waals surface area contributed by atoms with E-state index in [2.05, 4.69) is 5.32 Å². The molecule has 6 heteroatoms. The van der Waals surface area contributed by atoms with E-state index in [1.807, 2.05) is 12.2 Å². The molecule has 0 aromatic rings. The van der Waals surface area contributed by atoms with Gasteiger partial charge in [0, 0.05) is 12.1 Å². The Hall–Kier alpha value is -0.780. The topological polar surface area (TPSA) is 41.1 Å². The summed E-state index contributed by atoms with van der Waals surface area (Å²) in [5, 5.41) is 5.08. The van der Waals surface area contributed by atoms with E-state index in [4.69, 9.17) is 0 Å². The Kier molecular flexibility index (Phi) is 3.36.